The van der Waals surface area contributed by atoms with E-state index in [4.69, 9.17) is 16.2 Å². The molecule has 4 N–H and O–H groups in total. The summed E-state index contributed by atoms with van der Waals surface area (Å²) in [6.45, 7) is 2.29. The molecule has 0 amide bonds. The highest BCUT2D eigenvalue weighted by Gasteiger charge is 2.22. The highest BCUT2D eigenvalue weighted by atomic mass is 16.5. The molecule has 3 aromatic carbocycles. The number of nitrogens with zero attached hydrogens (tertiary/aromatic N) is 2. The summed E-state index contributed by atoms with van der Waals surface area (Å²) in [4.78, 5) is 16.9. The minimum Gasteiger partial charge on any atom is -0.462 e. The minimum atomic E-state index is -0.375. The average Bonchev–Trinajstić information content (AvgIpc) is 3.03. The smallest absolute Gasteiger partial charge is 0.340 e. The maximum atomic E-state index is 12.8. The second kappa shape index (κ2) is 7.91. The highest BCUT2D eigenvalue weighted by Crippen LogP contribution is 2.32. The summed E-state index contributed by atoms with van der Waals surface area (Å²) in [7, 11) is 1.90. The molecule has 0 bridgehead atoms. The van der Waals surface area contributed by atoms with Crippen LogP contribution in [0.1, 0.15) is 23.0 Å². The van der Waals surface area contributed by atoms with E-state index in [1.165, 1.54) is 10.8 Å². The molecular weight excluding hydrogens is 376 g/mol. The van der Waals surface area contributed by atoms with Crippen LogP contribution in [-0.2, 0) is 18.3 Å². The van der Waals surface area contributed by atoms with Crippen molar-refractivity contribution in [2.75, 3.05) is 6.61 Å². The number of carbonyl (C=O) groups excluding carboxylic acids is 1. The molecule has 1 aromatic heterocycles. The van der Waals surface area contributed by atoms with Gasteiger partial charge >= 0.3 is 5.97 Å². The molecule has 30 heavy (non-hydrogen) atoms. The molecule has 0 fully saturated rings. The first-order chi connectivity index (χ1) is 14.5. The van der Waals surface area contributed by atoms with Gasteiger partial charge in [-0.1, -0.05) is 42.5 Å². The van der Waals surface area contributed by atoms with Gasteiger partial charge in [0.1, 0.15) is 0 Å². The van der Waals surface area contributed by atoms with E-state index in [2.05, 4.69) is 41.4 Å². The van der Waals surface area contributed by atoms with E-state index in [1.807, 2.05) is 35.9 Å². The van der Waals surface area contributed by atoms with Gasteiger partial charge < -0.3 is 20.8 Å². The zero-order valence-corrected chi connectivity index (χ0v) is 17.1. The number of fused-ring (bicyclic) bond motifs is 2. The number of hydrogen-bond donors (Lipinski definition) is 2. The lowest BCUT2D eigenvalue weighted by Gasteiger charge is -2.06. The molecule has 6 heteroatoms. The molecule has 152 valence electrons. The fourth-order valence-corrected chi connectivity index (χ4v) is 3.83. The van der Waals surface area contributed by atoms with Crippen LogP contribution in [0.3, 0.4) is 0 Å². The average molecular weight is 400 g/mol. The van der Waals surface area contributed by atoms with E-state index in [0.717, 1.165) is 22.0 Å². The van der Waals surface area contributed by atoms with E-state index in [1.54, 1.807) is 6.92 Å². The van der Waals surface area contributed by atoms with Crippen molar-refractivity contribution in [3.05, 3.63) is 71.9 Å². The predicted octanol–water partition coefficient (Wildman–Crippen LogP) is 3.95. The van der Waals surface area contributed by atoms with Gasteiger partial charge in [-0.3, -0.25) is 0 Å². The SMILES string of the molecule is CCOC(=O)c1c(CN=C(N)N)n(C)c2ccc(-c3ccc4ccccc4c3)cc12. The summed E-state index contributed by atoms with van der Waals surface area (Å²) in [5.74, 6) is -0.397. The summed E-state index contributed by atoms with van der Waals surface area (Å²) in [5, 5.41) is 3.18. The van der Waals surface area contributed by atoms with Crippen molar-refractivity contribution in [2.24, 2.45) is 23.5 Å². The van der Waals surface area contributed by atoms with Gasteiger partial charge in [0.15, 0.2) is 5.96 Å². The maximum absolute atomic E-state index is 12.8. The lowest BCUT2D eigenvalue weighted by molar-refractivity contribution is 0.0527. The van der Waals surface area contributed by atoms with Gasteiger partial charge in [0.25, 0.3) is 0 Å². The van der Waals surface area contributed by atoms with E-state index < -0.39 is 0 Å². The highest BCUT2D eigenvalue weighted by molar-refractivity contribution is 6.07. The van der Waals surface area contributed by atoms with Crippen molar-refractivity contribution < 1.29 is 9.53 Å². The Morgan fingerprint density at radius 2 is 1.70 bits per heavy atom. The summed E-state index contributed by atoms with van der Waals surface area (Å²) < 4.78 is 7.28. The van der Waals surface area contributed by atoms with Gasteiger partial charge in [0.05, 0.1) is 24.4 Å². The number of hydrogen-bond acceptors (Lipinski definition) is 3. The Hall–Kier alpha value is -3.80. The van der Waals surface area contributed by atoms with Crippen LogP contribution in [0.2, 0.25) is 0 Å². The van der Waals surface area contributed by atoms with Crippen LogP contribution >= 0.6 is 0 Å². The van der Waals surface area contributed by atoms with Gasteiger partial charge in [-0.2, -0.15) is 0 Å². The summed E-state index contributed by atoms with van der Waals surface area (Å²) in [5.41, 5.74) is 15.3. The molecule has 4 rings (SSSR count). The van der Waals surface area contributed by atoms with E-state index in [0.29, 0.717) is 17.9 Å². The number of aliphatic imine (C=N–C) groups is 1. The van der Waals surface area contributed by atoms with Crippen molar-refractivity contribution in [2.45, 2.75) is 13.5 Å². The fraction of sp³-hybridized carbons (Fsp3) is 0.167. The third kappa shape index (κ3) is 3.48. The van der Waals surface area contributed by atoms with Gasteiger partial charge in [-0.05, 0) is 47.0 Å². The predicted molar refractivity (Wildman–Crippen MR) is 121 cm³/mol. The first-order valence-electron chi connectivity index (χ1n) is 9.82. The van der Waals surface area contributed by atoms with Crippen LogP contribution in [0.4, 0.5) is 0 Å². The van der Waals surface area contributed by atoms with Crippen molar-refractivity contribution in [3.63, 3.8) is 0 Å². The van der Waals surface area contributed by atoms with Crippen molar-refractivity contribution >= 4 is 33.6 Å². The molecule has 0 atom stereocenters. The Morgan fingerprint density at radius 3 is 2.43 bits per heavy atom. The van der Waals surface area contributed by atoms with Crippen LogP contribution in [-0.4, -0.2) is 23.1 Å². The first kappa shape index (κ1) is 19.5. The van der Waals surface area contributed by atoms with E-state index >= 15 is 0 Å². The van der Waals surface area contributed by atoms with Gasteiger partial charge in [-0.15, -0.1) is 0 Å². The van der Waals surface area contributed by atoms with Crippen LogP contribution in [0.5, 0.6) is 0 Å². The zero-order chi connectivity index (χ0) is 21.3. The van der Waals surface area contributed by atoms with Gasteiger partial charge in [0, 0.05) is 18.0 Å². The van der Waals surface area contributed by atoms with Crippen molar-refractivity contribution in [3.8, 4) is 11.1 Å². The Labute approximate surface area is 174 Å². The Balaban J connectivity index is 1.90. The molecule has 4 aromatic rings. The third-order valence-electron chi connectivity index (χ3n) is 5.29. The van der Waals surface area contributed by atoms with Gasteiger partial charge in [-0.25, -0.2) is 9.79 Å². The maximum Gasteiger partial charge on any atom is 0.340 e. The molecule has 0 aliphatic rings. The fourth-order valence-electron chi connectivity index (χ4n) is 3.83. The lowest BCUT2D eigenvalue weighted by atomic mass is 9.99. The van der Waals surface area contributed by atoms with Crippen LogP contribution in [0.25, 0.3) is 32.8 Å². The first-order valence-corrected chi connectivity index (χ1v) is 9.82. The monoisotopic (exact) mass is 400 g/mol. The molecule has 0 spiro atoms. The quantitative estimate of drug-likeness (QED) is 0.301. The number of aryl methyl sites for hydroxylation is 1. The minimum absolute atomic E-state index is 0.0214. The summed E-state index contributed by atoms with van der Waals surface area (Å²) in [6.07, 6.45) is 0. The second-order valence-corrected chi connectivity index (χ2v) is 7.14. The number of rotatable bonds is 5. The van der Waals surface area contributed by atoms with E-state index in [-0.39, 0.29) is 18.5 Å². The number of nitrogens with two attached hydrogens (primary N) is 2. The van der Waals surface area contributed by atoms with Crippen LogP contribution in [0, 0.1) is 0 Å². The summed E-state index contributed by atoms with van der Waals surface area (Å²) in [6, 6.07) is 20.7. The number of benzene rings is 3. The molecule has 0 radical (unpaired) electrons. The largest absolute Gasteiger partial charge is 0.462 e. The zero-order valence-electron chi connectivity index (χ0n) is 17.1. The normalized spacial score (nSPS) is 11.0. The Bertz CT molecular complexity index is 1280. The second-order valence-electron chi connectivity index (χ2n) is 7.14. The van der Waals surface area contributed by atoms with Crippen molar-refractivity contribution in [1.82, 2.24) is 4.57 Å². The molecule has 6 nitrogen and oxygen atoms in total. The Morgan fingerprint density at radius 1 is 1.00 bits per heavy atom. The van der Waals surface area contributed by atoms with Crippen LogP contribution in [0.15, 0.2) is 65.7 Å². The van der Waals surface area contributed by atoms with Crippen molar-refractivity contribution in [1.29, 1.82) is 0 Å². The number of guanidine groups is 1. The lowest BCUT2D eigenvalue weighted by Crippen LogP contribution is -2.23. The number of aromatic nitrogens is 1. The topological polar surface area (TPSA) is 95.6 Å². The standard InChI is InChI=1S/C24H24N4O2/c1-3-30-23(29)22-19-13-18(17-9-8-15-6-4-5-7-16(15)12-17)10-11-20(19)28(2)21(22)14-27-24(25)26/h4-13H,3,14H2,1-2H3,(H4,25,26,27). The molecule has 1 heterocycles. The molecule has 0 unspecified atom stereocenters. The van der Waals surface area contributed by atoms with Gasteiger partial charge in [0.2, 0.25) is 0 Å². The molecular formula is C24H24N4O2. The molecule has 0 saturated heterocycles. The number of carbonyl (C=O) groups is 1. The Kier molecular flexibility index (Phi) is 5.14. The summed E-state index contributed by atoms with van der Waals surface area (Å²) >= 11 is 0. The number of ether oxygens (including phenoxy) is 1. The molecule has 0 aliphatic heterocycles. The third-order valence-corrected chi connectivity index (χ3v) is 5.29. The van der Waals surface area contributed by atoms with Crippen LogP contribution < -0.4 is 11.5 Å². The molecule has 0 saturated carbocycles. The van der Waals surface area contributed by atoms with E-state index in [9.17, 15) is 4.79 Å². The molecule has 0 aliphatic carbocycles. The number of esters is 1.